The van der Waals surface area contributed by atoms with Crippen LogP contribution in [0.15, 0.2) is 72.9 Å². The van der Waals surface area contributed by atoms with Gasteiger partial charge in [-0.05, 0) is 11.6 Å². The van der Waals surface area contributed by atoms with E-state index in [1.54, 1.807) is 0 Å². The fourth-order valence-electron chi connectivity index (χ4n) is 3.23. The summed E-state index contributed by atoms with van der Waals surface area (Å²) < 4.78 is 0. The van der Waals surface area contributed by atoms with Gasteiger partial charge in [-0.15, -0.1) is 0 Å². The number of quaternary nitrogens is 1. The van der Waals surface area contributed by atoms with Crippen molar-refractivity contribution >= 4 is 16.7 Å². The lowest BCUT2D eigenvalue weighted by molar-refractivity contribution is -0.386. The van der Waals surface area contributed by atoms with Crippen molar-refractivity contribution in [1.29, 1.82) is 0 Å². The van der Waals surface area contributed by atoms with E-state index in [1.165, 1.54) is 5.56 Å². The summed E-state index contributed by atoms with van der Waals surface area (Å²) in [6.45, 7) is 0.790. The first-order valence-electron chi connectivity index (χ1n) is 8.77. The summed E-state index contributed by atoms with van der Waals surface area (Å²) in [6, 6.07) is 23.2. The van der Waals surface area contributed by atoms with Gasteiger partial charge in [-0.1, -0.05) is 54.6 Å². The van der Waals surface area contributed by atoms with Crippen molar-refractivity contribution < 1.29 is 10.7 Å². The second-order valence-corrected chi connectivity index (χ2v) is 6.23. The molecule has 4 aromatic rings. The standard InChI is InChI=1S/C22H20N4/c1-24-22-19-13-18(16-5-3-2-4-6-16)21(26-20(19)11-12-25-22)17-9-7-15(14-23)8-10-17/h2-13H,14,23H2,1H3,(H,24,25)/p+2. The highest BCUT2D eigenvalue weighted by Gasteiger charge is 2.15. The molecule has 0 atom stereocenters. The summed E-state index contributed by atoms with van der Waals surface area (Å²) in [4.78, 5) is 8.27. The van der Waals surface area contributed by atoms with Crippen LogP contribution in [0.25, 0.3) is 33.3 Å². The third-order valence-corrected chi connectivity index (χ3v) is 4.64. The number of nitrogens with one attached hydrogen (secondary N) is 2. The van der Waals surface area contributed by atoms with Crippen LogP contribution in [0, 0.1) is 0 Å². The molecule has 2 aromatic heterocycles. The van der Waals surface area contributed by atoms with Gasteiger partial charge in [0.05, 0.1) is 36.4 Å². The molecule has 2 heterocycles. The number of anilines is 1. The largest absolute Gasteiger partial charge is 0.354 e. The smallest absolute Gasteiger partial charge is 0.281 e. The van der Waals surface area contributed by atoms with E-state index in [0.29, 0.717) is 0 Å². The van der Waals surface area contributed by atoms with E-state index < -0.39 is 0 Å². The minimum absolute atomic E-state index is 0.790. The lowest BCUT2D eigenvalue weighted by Crippen LogP contribution is -2.47. The van der Waals surface area contributed by atoms with Crippen LogP contribution in [0.3, 0.4) is 0 Å². The number of rotatable bonds is 4. The van der Waals surface area contributed by atoms with E-state index in [4.69, 9.17) is 4.98 Å². The second-order valence-electron chi connectivity index (χ2n) is 6.23. The average molecular weight is 342 g/mol. The Morgan fingerprint density at radius 3 is 2.42 bits per heavy atom. The summed E-state index contributed by atoms with van der Waals surface area (Å²) in [7, 11) is 1.92. The molecule has 2 aromatic carbocycles. The van der Waals surface area contributed by atoms with Gasteiger partial charge >= 0.3 is 0 Å². The first-order valence-corrected chi connectivity index (χ1v) is 8.77. The minimum Gasteiger partial charge on any atom is -0.354 e. The van der Waals surface area contributed by atoms with Gasteiger partial charge in [0.1, 0.15) is 0 Å². The van der Waals surface area contributed by atoms with Crippen molar-refractivity contribution in [2.45, 2.75) is 6.54 Å². The van der Waals surface area contributed by atoms with Crippen molar-refractivity contribution in [1.82, 2.24) is 4.98 Å². The Labute approximate surface area is 152 Å². The molecular weight excluding hydrogens is 320 g/mol. The fraction of sp³-hybridized carbons (Fsp3) is 0.0909. The normalized spacial score (nSPS) is 10.8. The number of aromatic amines is 1. The van der Waals surface area contributed by atoms with Crippen molar-refractivity contribution in [3.63, 3.8) is 0 Å². The fourth-order valence-corrected chi connectivity index (χ4v) is 3.23. The van der Waals surface area contributed by atoms with E-state index in [0.717, 1.165) is 45.6 Å². The quantitative estimate of drug-likeness (QED) is 0.598. The minimum atomic E-state index is 0.790. The van der Waals surface area contributed by atoms with Crippen molar-refractivity contribution in [3.05, 3.63) is 78.5 Å². The predicted molar refractivity (Wildman–Crippen MR) is 105 cm³/mol. The molecule has 0 aliphatic heterocycles. The molecule has 0 saturated heterocycles. The van der Waals surface area contributed by atoms with Crippen LogP contribution in [0.5, 0.6) is 0 Å². The molecule has 0 aliphatic rings. The molecule has 4 heteroatoms. The second kappa shape index (κ2) is 6.94. The molecular formula is C22H22N4+2. The number of benzene rings is 2. The predicted octanol–water partition coefficient (Wildman–Crippen LogP) is 3.17. The van der Waals surface area contributed by atoms with Crippen molar-refractivity contribution in [2.24, 2.45) is 0 Å². The van der Waals surface area contributed by atoms with E-state index in [-0.39, 0.29) is 0 Å². The molecule has 26 heavy (non-hydrogen) atoms. The zero-order valence-corrected chi connectivity index (χ0v) is 14.8. The van der Waals surface area contributed by atoms with Gasteiger partial charge in [-0.25, -0.2) is 9.97 Å². The molecule has 4 nitrogen and oxygen atoms in total. The molecule has 128 valence electrons. The highest BCUT2D eigenvalue weighted by Crippen LogP contribution is 2.34. The van der Waals surface area contributed by atoms with E-state index in [9.17, 15) is 0 Å². The molecule has 0 fully saturated rings. The number of hydrogen-bond acceptors (Lipinski definition) is 2. The Hall–Kier alpha value is -3.24. The Morgan fingerprint density at radius 1 is 0.962 bits per heavy atom. The maximum absolute atomic E-state index is 5.01. The molecule has 5 N–H and O–H groups in total. The Bertz CT molecular complexity index is 1040. The highest BCUT2D eigenvalue weighted by atomic mass is 15.0. The van der Waals surface area contributed by atoms with E-state index in [1.807, 2.05) is 25.4 Å². The summed E-state index contributed by atoms with van der Waals surface area (Å²) in [6.07, 6.45) is 1.92. The van der Waals surface area contributed by atoms with Gasteiger partial charge in [-0.3, -0.25) is 5.32 Å². The van der Waals surface area contributed by atoms with Gasteiger partial charge in [0.25, 0.3) is 5.82 Å². The highest BCUT2D eigenvalue weighted by molar-refractivity contribution is 5.95. The third kappa shape index (κ3) is 2.91. The lowest BCUT2D eigenvalue weighted by atomic mass is 9.97. The van der Waals surface area contributed by atoms with Crippen molar-refractivity contribution in [3.8, 4) is 22.4 Å². The van der Waals surface area contributed by atoms with Crippen LogP contribution < -0.4 is 16.0 Å². The molecule has 0 unspecified atom stereocenters. The number of H-pyrrole nitrogens is 1. The van der Waals surface area contributed by atoms with E-state index >= 15 is 0 Å². The zero-order valence-electron chi connectivity index (χ0n) is 14.8. The first-order chi connectivity index (χ1) is 12.8. The van der Waals surface area contributed by atoms with Crippen LogP contribution in [0.4, 0.5) is 5.82 Å². The summed E-state index contributed by atoms with van der Waals surface area (Å²) in [5.74, 6) is 0.964. The molecule has 0 amide bonds. The van der Waals surface area contributed by atoms with Crippen molar-refractivity contribution in [2.75, 3.05) is 12.4 Å². The Kier molecular flexibility index (Phi) is 4.33. The van der Waals surface area contributed by atoms with Crippen LogP contribution in [0.1, 0.15) is 5.56 Å². The molecule has 0 aliphatic carbocycles. The van der Waals surface area contributed by atoms with Gasteiger partial charge in [0, 0.05) is 22.8 Å². The van der Waals surface area contributed by atoms with Crippen LogP contribution >= 0.6 is 0 Å². The molecule has 0 spiro atoms. The Morgan fingerprint density at radius 2 is 1.73 bits per heavy atom. The van der Waals surface area contributed by atoms with Crippen LogP contribution in [0.2, 0.25) is 0 Å². The monoisotopic (exact) mass is 342 g/mol. The lowest BCUT2D eigenvalue weighted by Gasteiger charge is -2.12. The molecule has 0 bridgehead atoms. The topological polar surface area (TPSA) is 66.7 Å². The van der Waals surface area contributed by atoms with E-state index in [2.05, 4.69) is 70.6 Å². The van der Waals surface area contributed by atoms with Crippen LogP contribution in [-0.4, -0.2) is 12.0 Å². The summed E-state index contributed by atoms with van der Waals surface area (Å²) in [5.41, 5.74) is 10.5. The number of hydrogen-bond donors (Lipinski definition) is 2. The summed E-state index contributed by atoms with van der Waals surface area (Å²) in [5, 5.41) is 4.30. The Balaban J connectivity index is 2.00. The maximum atomic E-state index is 5.01. The number of pyridine rings is 2. The van der Waals surface area contributed by atoms with Gasteiger partial charge in [0.2, 0.25) is 0 Å². The zero-order chi connectivity index (χ0) is 17.9. The number of aromatic nitrogens is 2. The number of nitrogens with zero attached hydrogens (tertiary/aromatic N) is 1. The maximum Gasteiger partial charge on any atom is 0.281 e. The first kappa shape index (κ1) is 16.2. The SMILES string of the molecule is CNc1[nH+]ccc2nc(-c3ccc(C[NH3+])cc3)c(-c3ccccc3)cc12. The number of fused-ring (bicyclic) bond motifs is 1. The van der Waals surface area contributed by atoms with Gasteiger partial charge < -0.3 is 5.73 Å². The molecule has 4 rings (SSSR count). The van der Waals surface area contributed by atoms with Gasteiger partial charge in [-0.2, -0.15) is 0 Å². The molecule has 0 saturated carbocycles. The van der Waals surface area contributed by atoms with Crippen LogP contribution in [-0.2, 0) is 6.54 Å². The molecule has 0 radical (unpaired) electrons. The average Bonchev–Trinajstić information content (AvgIpc) is 2.73. The summed E-state index contributed by atoms with van der Waals surface area (Å²) >= 11 is 0. The van der Waals surface area contributed by atoms with Gasteiger partial charge in [0.15, 0.2) is 0 Å². The third-order valence-electron chi connectivity index (χ3n) is 4.64.